The van der Waals surface area contributed by atoms with Gasteiger partial charge >= 0.3 is 0 Å². The number of rotatable bonds is 3. The normalized spacial score (nSPS) is 11.5. The van der Waals surface area contributed by atoms with Gasteiger partial charge in [-0.1, -0.05) is 36.4 Å². The minimum atomic E-state index is 1.15. The van der Waals surface area contributed by atoms with Crippen molar-refractivity contribution in [2.45, 2.75) is 13.8 Å². The number of hydrogen-bond donors (Lipinski definition) is 1. The van der Waals surface area contributed by atoms with Crippen molar-refractivity contribution in [2.75, 3.05) is 6.26 Å². The van der Waals surface area contributed by atoms with Crippen molar-refractivity contribution in [3.63, 3.8) is 0 Å². The van der Waals surface area contributed by atoms with E-state index >= 15 is 0 Å². The summed E-state index contributed by atoms with van der Waals surface area (Å²) in [6, 6.07) is 3.99. The fourth-order valence-electron chi connectivity index (χ4n) is 1.02. The number of thiol groups is 1. The molecule has 2 heteroatoms. The topological polar surface area (TPSA) is 12.9 Å². The molecular weight excluding hydrogens is 214 g/mol. The lowest BCUT2D eigenvalue weighted by molar-refractivity contribution is 1.30. The second kappa shape index (κ2) is 8.98. The average molecular weight is 233 g/mol. The van der Waals surface area contributed by atoms with Crippen LogP contribution in [0.1, 0.15) is 19.4 Å². The Bertz CT molecular complexity index is 364. The minimum Gasteiger partial charge on any atom is -0.264 e. The van der Waals surface area contributed by atoms with Crippen LogP contribution in [0.2, 0.25) is 0 Å². The SMILES string of the molecule is C=C/C(C)=C\C=C(/C)c1cccnc1.CS. The molecule has 0 unspecified atom stereocenters. The second-order valence-electron chi connectivity index (χ2n) is 3.21. The Kier molecular flexibility index (Phi) is 8.26. The lowest BCUT2D eigenvalue weighted by Gasteiger charge is -1.98. The molecule has 0 bridgehead atoms. The van der Waals surface area contributed by atoms with Gasteiger partial charge in [-0.2, -0.15) is 12.6 Å². The lowest BCUT2D eigenvalue weighted by Crippen LogP contribution is -1.79. The molecule has 1 rings (SSSR count). The van der Waals surface area contributed by atoms with Crippen molar-refractivity contribution in [3.05, 3.63) is 60.5 Å². The van der Waals surface area contributed by atoms with Crippen LogP contribution in [0, 0.1) is 0 Å². The third-order valence-corrected chi connectivity index (χ3v) is 2.04. The average Bonchev–Trinajstić information content (AvgIpc) is 2.38. The largest absolute Gasteiger partial charge is 0.264 e. The number of hydrogen-bond acceptors (Lipinski definition) is 2. The molecule has 0 aliphatic carbocycles. The van der Waals surface area contributed by atoms with E-state index in [9.17, 15) is 0 Å². The Balaban J connectivity index is 0.00000106. The molecule has 86 valence electrons. The van der Waals surface area contributed by atoms with Crippen LogP contribution >= 0.6 is 12.6 Å². The van der Waals surface area contributed by atoms with Gasteiger partial charge in [0.05, 0.1) is 0 Å². The number of aromatic nitrogens is 1. The van der Waals surface area contributed by atoms with Crippen LogP contribution in [0.5, 0.6) is 0 Å². The highest BCUT2D eigenvalue weighted by atomic mass is 32.1. The Morgan fingerprint density at radius 2 is 2.00 bits per heavy atom. The number of pyridine rings is 1. The van der Waals surface area contributed by atoms with Crippen LogP contribution in [0.15, 0.2) is 54.9 Å². The first-order chi connectivity index (χ1) is 7.74. The Morgan fingerprint density at radius 1 is 1.31 bits per heavy atom. The highest BCUT2D eigenvalue weighted by Gasteiger charge is 1.91. The lowest BCUT2D eigenvalue weighted by atomic mass is 10.1. The van der Waals surface area contributed by atoms with Crippen molar-refractivity contribution >= 4 is 18.2 Å². The van der Waals surface area contributed by atoms with Gasteiger partial charge in [0.1, 0.15) is 0 Å². The van der Waals surface area contributed by atoms with Crippen molar-refractivity contribution in [3.8, 4) is 0 Å². The zero-order chi connectivity index (χ0) is 12.4. The van der Waals surface area contributed by atoms with Gasteiger partial charge in [0.2, 0.25) is 0 Å². The molecule has 0 amide bonds. The molecule has 1 heterocycles. The molecule has 0 saturated heterocycles. The quantitative estimate of drug-likeness (QED) is 0.611. The summed E-state index contributed by atoms with van der Waals surface area (Å²) in [7, 11) is 0. The molecule has 0 radical (unpaired) electrons. The molecule has 0 saturated carbocycles. The zero-order valence-corrected chi connectivity index (χ0v) is 11.0. The van der Waals surface area contributed by atoms with E-state index in [1.54, 1.807) is 12.5 Å². The van der Waals surface area contributed by atoms with E-state index in [2.05, 4.69) is 49.3 Å². The smallest absolute Gasteiger partial charge is 0.0342 e. The molecule has 1 aromatic heterocycles. The third kappa shape index (κ3) is 5.56. The molecule has 16 heavy (non-hydrogen) atoms. The highest BCUT2D eigenvalue weighted by molar-refractivity contribution is 7.79. The molecule has 0 aliphatic rings. The van der Waals surface area contributed by atoms with E-state index in [1.807, 2.05) is 25.3 Å². The van der Waals surface area contributed by atoms with Gasteiger partial charge in [-0.15, -0.1) is 0 Å². The van der Waals surface area contributed by atoms with E-state index in [-0.39, 0.29) is 0 Å². The van der Waals surface area contributed by atoms with Crippen LogP contribution in [0.25, 0.3) is 5.57 Å². The fourth-order valence-corrected chi connectivity index (χ4v) is 1.02. The third-order valence-electron chi connectivity index (χ3n) is 2.04. The van der Waals surface area contributed by atoms with Crippen LogP contribution < -0.4 is 0 Å². The van der Waals surface area contributed by atoms with E-state index < -0.39 is 0 Å². The van der Waals surface area contributed by atoms with Gasteiger partial charge < -0.3 is 0 Å². The summed E-state index contributed by atoms with van der Waals surface area (Å²) < 4.78 is 0. The summed E-state index contributed by atoms with van der Waals surface area (Å²) in [6.45, 7) is 7.80. The first-order valence-corrected chi connectivity index (χ1v) is 5.96. The van der Waals surface area contributed by atoms with Crippen molar-refractivity contribution in [1.82, 2.24) is 4.98 Å². The summed E-state index contributed by atoms with van der Waals surface area (Å²) in [5.41, 5.74) is 3.52. The molecule has 0 N–H and O–H groups in total. The Morgan fingerprint density at radius 3 is 2.50 bits per heavy atom. The molecule has 1 aromatic rings. The zero-order valence-electron chi connectivity index (χ0n) is 10.1. The van der Waals surface area contributed by atoms with Gasteiger partial charge in [-0.3, -0.25) is 4.98 Å². The van der Waals surface area contributed by atoms with Crippen molar-refractivity contribution in [1.29, 1.82) is 0 Å². The molecular formula is C14H19NS. The van der Waals surface area contributed by atoms with Gasteiger partial charge in [-0.25, -0.2) is 0 Å². The Labute approximate surface area is 104 Å². The monoisotopic (exact) mass is 233 g/mol. The van der Waals surface area contributed by atoms with E-state index in [0.717, 1.165) is 11.1 Å². The number of allylic oxidation sites excluding steroid dienone is 5. The van der Waals surface area contributed by atoms with E-state index in [1.165, 1.54) is 5.57 Å². The molecule has 0 atom stereocenters. The molecule has 0 aliphatic heterocycles. The predicted octanol–water partition coefficient (Wildman–Crippen LogP) is 4.16. The summed E-state index contributed by atoms with van der Waals surface area (Å²) in [6.07, 6.45) is 11.3. The fraction of sp³-hybridized carbons (Fsp3) is 0.214. The summed E-state index contributed by atoms with van der Waals surface area (Å²) in [5, 5.41) is 0. The summed E-state index contributed by atoms with van der Waals surface area (Å²) >= 11 is 3.53. The summed E-state index contributed by atoms with van der Waals surface area (Å²) in [4.78, 5) is 4.07. The van der Waals surface area contributed by atoms with Crippen molar-refractivity contribution in [2.24, 2.45) is 0 Å². The van der Waals surface area contributed by atoms with Gasteiger partial charge in [0.25, 0.3) is 0 Å². The maximum absolute atomic E-state index is 4.07. The van der Waals surface area contributed by atoms with Gasteiger partial charge in [-0.05, 0) is 37.3 Å². The standard InChI is InChI=1S/C13H15N.CH4S/c1-4-11(2)7-8-12(3)13-6-5-9-14-10-13;1-2/h4-10H,1H2,2-3H3;2H,1H3/b11-7-,12-8+;. The minimum absolute atomic E-state index is 1.15. The summed E-state index contributed by atoms with van der Waals surface area (Å²) in [5.74, 6) is 0. The van der Waals surface area contributed by atoms with Gasteiger partial charge in [0, 0.05) is 12.4 Å². The molecule has 0 aromatic carbocycles. The van der Waals surface area contributed by atoms with Crippen LogP contribution in [-0.2, 0) is 0 Å². The van der Waals surface area contributed by atoms with Gasteiger partial charge in [0.15, 0.2) is 0 Å². The molecule has 1 nitrogen and oxygen atoms in total. The Hall–Kier alpha value is -1.28. The molecule has 0 spiro atoms. The number of nitrogens with zero attached hydrogens (tertiary/aromatic N) is 1. The van der Waals surface area contributed by atoms with Crippen LogP contribution in [-0.4, -0.2) is 11.2 Å². The molecule has 0 fully saturated rings. The highest BCUT2D eigenvalue weighted by Crippen LogP contribution is 2.11. The maximum Gasteiger partial charge on any atom is 0.0342 e. The first kappa shape index (κ1) is 14.7. The van der Waals surface area contributed by atoms with Crippen LogP contribution in [0.4, 0.5) is 0 Å². The maximum atomic E-state index is 4.07. The van der Waals surface area contributed by atoms with Crippen LogP contribution in [0.3, 0.4) is 0 Å². The van der Waals surface area contributed by atoms with E-state index in [0.29, 0.717) is 0 Å². The second-order valence-corrected chi connectivity index (χ2v) is 3.21. The van der Waals surface area contributed by atoms with E-state index in [4.69, 9.17) is 0 Å². The predicted molar refractivity (Wildman–Crippen MR) is 76.8 cm³/mol. The first-order valence-electron chi connectivity index (χ1n) is 5.07. The van der Waals surface area contributed by atoms with Crippen molar-refractivity contribution < 1.29 is 0 Å².